The Labute approximate surface area is 134 Å². The topological polar surface area (TPSA) is 70.2 Å². The van der Waals surface area contributed by atoms with E-state index in [1.807, 2.05) is 51.2 Å². The molecule has 2 amide bonds. The zero-order valence-corrected chi connectivity index (χ0v) is 14.1. The first-order valence-electron chi connectivity index (χ1n) is 7.06. The standard InChI is InChI=1S/C15H21N5OS/c1-10(14-17-9-11(2)22-14)8-18-15(21)19-13-7-12(20(3)4)5-6-16-13/h5-7,9-10H,8H2,1-4H3,(H2,16,18,19,21). The van der Waals surface area contributed by atoms with Crippen molar-refractivity contribution in [2.24, 2.45) is 0 Å². The highest BCUT2D eigenvalue weighted by Crippen LogP contribution is 2.20. The Kier molecular flexibility index (Phi) is 5.32. The van der Waals surface area contributed by atoms with E-state index in [9.17, 15) is 4.79 Å². The van der Waals surface area contributed by atoms with Crippen LogP contribution in [0.25, 0.3) is 0 Å². The number of hydrogen-bond acceptors (Lipinski definition) is 5. The highest BCUT2D eigenvalue weighted by atomic mass is 32.1. The van der Waals surface area contributed by atoms with Crippen LogP contribution in [0.2, 0.25) is 0 Å². The number of amides is 2. The normalized spacial score (nSPS) is 11.8. The fourth-order valence-corrected chi connectivity index (χ4v) is 2.68. The molecule has 0 radical (unpaired) electrons. The molecule has 0 fully saturated rings. The highest BCUT2D eigenvalue weighted by molar-refractivity contribution is 7.11. The third-order valence-electron chi connectivity index (χ3n) is 3.13. The minimum Gasteiger partial charge on any atom is -0.378 e. The number of anilines is 2. The van der Waals surface area contributed by atoms with Gasteiger partial charge in [0.1, 0.15) is 5.82 Å². The van der Waals surface area contributed by atoms with Gasteiger partial charge >= 0.3 is 6.03 Å². The van der Waals surface area contributed by atoms with Crippen LogP contribution in [0.1, 0.15) is 22.7 Å². The summed E-state index contributed by atoms with van der Waals surface area (Å²) in [6, 6.07) is 3.45. The SMILES string of the molecule is Cc1cnc(C(C)CNC(=O)Nc2cc(N(C)C)ccn2)s1. The molecule has 0 aliphatic carbocycles. The van der Waals surface area contributed by atoms with Crippen molar-refractivity contribution >= 4 is 28.9 Å². The number of thiazole rings is 1. The molecule has 118 valence electrons. The molecule has 0 spiro atoms. The van der Waals surface area contributed by atoms with E-state index < -0.39 is 0 Å². The number of rotatable bonds is 5. The monoisotopic (exact) mass is 319 g/mol. The molecule has 22 heavy (non-hydrogen) atoms. The number of carbonyl (C=O) groups is 1. The number of aromatic nitrogens is 2. The first-order chi connectivity index (χ1) is 10.5. The molecule has 2 N–H and O–H groups in total. The predicted octanol–water partition coefficient (Wildman–Crippen LogP) is 2.84. The summed E-state index contributed by atoms with van der Waals surface area (Å²) in [5, 5.41) is 6.63. The van der Waals surface area contributed by atoms with Crippen molar-refractivity contribution in [3.05, 3.63) is 34.4 Å². The van der Waals surface area contributed by atoms with E-state index in [0.29, 0.717) is 12.4 Å². The number of nitrogens with one attached hydrogen (secondary N) is 2. The van der Waals surface area contributed by atoms with Crippen molar-refractivity contribution in [3.63, 3.8) is 0 Å². The van der Waals surface area contributed by atoms with Crippen molar-refractivity contribution in [1.82, 2.24) is 15.3 Å². The van der Waals surface area contributed by atoms with E-state index in [0.717, 1.165) is 10.7 Å². The van der Waals surface area contributed by atoms with Crippen LogP contribution in [0.15, 0.2) is 24.5 Å². The fourth-order valence-electron chi connectivity index (χ4n) is 1.86. The van der Waals surface area contributed by atoms with Gasteiger partial charge in [-0.25, -0.2) is 14.8 Å². The lowest BCUT2D eigenvalue weighted by Crippen LogP contribution is -2.32. The number of pyridine rings is 1. The summed E-state index contributed by atoms with van der Waals surface area (Å²) >= 11 is 1.66. The quantitative estimate of drug-likeness (QED) is 0.889. The Morgan fingerprint density at radius 1 is 1.41 bits per heavy atom. The van der Waals surface area contributed by atoms with Gasteiger partial charge in [0.15, 0.2) is 0 Å². The van der Waals surface area contributed by atoms with Gasteiger partial charge in [0, 0.05) is 55.6 Å². The van der Waals surface area contributed by atoms with Gasteiger partial charge in [0.2, 0.25) is 0 Å². The van der Waals surface area contributed by atoms with Gasteiger partial charge in [-0.3, -0.25) is 5.32 Å². The Morgan fingerprint density at radius 2 is 2.18 bits per heavy atom. The van der Waals surface area contributed by atoms with Gasteiger partial charge in [-0.2, -0.15) is 0 Å². The molecule has 2 aromatic heterocycles. The van der Waals surface area contributed by atoms with Crippen LogP contribution < -0.4 is 15.5 Å². The van der Waals surface area contributed by atoms with E-state index in [4.69, 9.17) is 0 Å². The lowest BCUT2D eigenvalue weighted by atomic mass is 10.2. The van der Waals surface area contributed by atoms with Gasteiger partial charge in [-0.1, -0.05) is 6.92 Å². The van der Waals surface area contributed by atoms with Crippen molar-refractivity contribution in [1.29, 1.82) is 0 Å². The molecular formula is C15H21N5OS. The summed E-state index contributed by atoms with van der Waals surface area (Å²) in [5.74, 6) is 0.715. The average molecular weight is 319 g/mol. The van der Waals surface area contributed by atoms with Crippen LogP contribution in [-0.2, 0) is 0 Å². The van der Waals surface area contributed by atoms with Crippen LogP contribution in [0.3, 0.4) is 0 Å². The van der Waals surface area contributed by atoms with E-state index >= 15 is 0 Å². The molecule has 7 heteroatoms. The van der Waals surface area contributed by atoms with Crippen LogP contribution >= 0.6 is 11.3 Å². The number of carbonyl (C=O) groups excluding carboxylic acids is 1. The molecule has 0 aliphatic rings. The van der Waals surface area contributed by atoms with Crippen molar-refractivity contribution in [2.45, 2.75) is 19.8 Å². The summed E-state index contributed by atoms with van der Waals surface area (Å²) in [6.45, 7) is 4.60. The van der Waals surface area contributed by atoms with Crippen LogP contribution in [0, 0.1) is 6.92 Å². The third-order valence-corrected chi connectivity index (χ3v) is 4.28. The summed E-state index contributed by atoms with van der Waals surface area (Å²) in [4.78, 5) is 23.6. The molecule has 0 saturated heterocycles. The van der Waals surface area contributed by atoms with Crippen molar-refractivity contribution in [2.75, 3.05) is 30.9 Å². The molecule has 0 aromatic carbocycles. The Morgan fingerprint density at radius 3 is 2.82 bits per heavy atom. The summed E-state index contributed by atoms with van der Waals surface area (Å²) in [6.07, 6.45) is 3.53. The third kappa shape index (κ3) is 4.42. The molecule has 0 saturated carbocycles. The minimum atomic E-state index is -0.261. The van der Waals surface area contributed by atoms with E-state index in [-0.39, 0.29) is 11.9 Å². The van der Waals surface area contributed by atoms with Crippen molar-refractivity contribution < 1.29 is 4.79 Å². The first kappa shape index (κ1) is 16.2. The first-order valence-corrected chi connectivity index (χ1v) is 7.88. The number of urea groups is 1. The summed E-state index contributed by atoms with van der Waals surface area (Å²) < 4.78 is 0. The zero-order chi connectivity index (χ0) is 16.1. The van der Waals surface area contributed by atoms with Gasteiger partial charge in [0.05, 0.1) is 5.01 Å². The average Bonchev–Trinajstić information content (AvgIpc) is 2.91. The largest absolute Gasteiger partial charge is 0.378 e. The maximum atomic E-state index is 11.9. The van der Waals surface area contributed by atoms with E-state index in [1.54, 1.807) is 17.5 Å². The maximum absolute atomic E-state index is 11.9. The molecule has 0 bridgehead atoms. The van der Waals surface area contributed by atoms with Gasteiger partial charge in [-0.15, -0.1) is 11.3 Å². The molecule has 0 aliphatic heterocycles. The Hall–Kier alpha value is -2.15. The molecule has 1 atom stereocenters. The van der Waals surface area contributed by atoms with Crippen LogP contribution in [0.4, 0.5) is 16.3 Å². The van der Waals surface area contributed by atoms with Gasteiger partial charge in [0.25, 0.3) is 0 Å². The highest BCUT2D eigenvalue weighted by Gasteiger charge is 2.11. The van der Waals surface area contributed by atoms with Gasteiger partial charge in [-0.05, 0) is 13.0 Å². The molecule has 1 unspecified atom stereocenters. The number of hydrogen-bond donors (Lipinski definition) is 2. The number of nitrogens with zero attached hydrogens (tertiary/aromatic N) is 3. The fraction of sp³-hybridized carbons (Fsp3) is 0.400. The lowest BCUT2D eigenvalue weighted by Gasteiger charge is -2.14. The van der Waals surface area contributed by atoms with Crippen LogP contribution in [0.5, 0.6) is 0 Å². The predicted molar refractivity (Wildman–Crippen MR) is 90.9 cm³/mol. The maximum Gasteiger partial charge on any atom is 0.320 e. The Balaban J connectivity index is 1.86. The summed E-state index contributed by atoms with van der Waals surface area (Å²) in [7, 11) is 3.88. The van der Waals surface area contributed by atoms with E-state index in [2.05, 4.69) is 20.6 Å². The van der Waals surface area contributed by atoms with E-state index in [1.165, 1.54) is 4.88 Å². The van der Waals surface area contributed by atoms with Gasteiger partial charge < -0.3 is 10.2 Å². The second-order valence-electron chi connectivity index (χ2n) is 5.34. The molecule has 6 nitrogen and oxygen atoms in total. The second-order valence-corrected chi connectivity index (χ2v) is 6.61. The molecule has 2 heterocycles. The number of aryl methyl sites for hydroxylation is 1. The Bertz CT molecular complexity index is 640. The second kappa shape index (κ2) is 7.22. The van der Waals surface area contributed by atoms with Crippen LogP contribution in [-0.4, -0.2) is 36.6 Å². The minimum absolute atomic E-state index is 0.186. The zero-order valence-electron chi connectivity index (χ0n) is 13.3. The smallest absolute Gasteiger partial charge is 0.320 e. The molecule has 2 aromatic rings. The lowest BCUT2D eigenvalue weighted by molar-refractivity contribution is 0.251. The van der Waals surface area contributed by atoms with Crippen molar-refractivity contribution in [3.8, 4) is 0 Å². The molecule has 2 rings (SSSR count). The summed E-state index contributed by atoms with van der Waals surface area (Å²) in [5.41, 5.74) is 0.983. The molecular weight excluding hydrogens is 298 g/mol.